The van der Waals surface area contributed by atoms with E-state index in [1.165, 1.54) is 25.7 Å². The Kier molecular flexibility index (Phi) is 3.74. The molecule has 3 rings (SSSR count). The molecule has 0 atom stereocenters. The first-order valence-corrected chi connectivity index (χ1v) is 7.73. The molecular weight excluding hydrogens is 268 g/mol. The van der Waals surface area contributed by atoms with E-state index in [0.717, 1.165) is 36.1 Å². The van der Waals surface area contributed by atoms with Gasteiger partial charge in [0.2, 0.25) is 0 Å². The van der Waals surface area contributed by atoms with Crippen molar-refractivity contribution in [3.63, 3.8) is 0 Å². The van der Waals surface area contributed by atoms with Crippen molar-refractivity contribution in [3.05, 3.63) is 35.4 Å². The van der Waals surface area contributed by atoms with Crippen LogP contribution in [0.25, 0.3) is 0 Å². The number of benzene rings is 1. The van der Waals surface area contributed by atoms with Crippen molar-refractivity contribution in [2.24, 2.45) is 17.6 Å². The van der Waals surface area contributed by atoms with Crippen LogP contribution in [0.4, 0.5) is 0 Å². The zero-order valence-electron chi connectivity index (χ0n) is 11.5. The minimum absolute atomic E-state index is 0.151. The van der Waals surface area contributed by atoms with Crippen LogP contribution in [-0.4, -0.2) is 28.9 Å². The number of rotatable bonds is 6. The molecule has 1 aromatic carbocycles. The quantitative estimate of drug-likeness (QED) is 0.818. The number of carbonyl (C=O) groups excluding carboxylic acids is 1. The van der Waals surface area contributed by atoms with E-state index < -0.39 is 0 Å². The van der Waals surface area contributed by atoms with Gasteiger partial charge in [-0.05, 0) is 49.7 Å². The van der Waals surface area contributed by atoms with Crippen LogP contribution in [0.2, 0.25) is 0 Å². The zero-order valence-corrected chi connectivity index (χ0v) is 12.4. The summed E-state index contributed by atoms with van der Waals surface area (Å²) in [5, 5.41) is 0. The monoisotopic (exact) mass is 288 g/mol. The largest absolute Gasteiger partial charge is 0.389 e. The molecular formula is C16H20N2OS. The zero-order chi connectivity index (χ0) is 14.1. The lowest BCUT2D eigenvalue weighted by Crippen LogP contribution is -2.34. The fourth-order valence-corrected chi connectivity index (χ4v) is 2.56. The summed E-state index contributed by atoms with van der Waals surface area (Å²) in [5.41, 5.74) is 7.14. The van der Waals surface area contributed by atoms with E-state index in [1.807, 2.05) is 29.2 Å². The predicted octanol–water partition coefficient (Wildman–Crippen LogP) is 2.58. The summed E-state index contributed by atoms with van der Waals surface area (Å²) in [7, 11) is 0. The van der Waals surface area contributed by atoms with Gasteiger partial charge in [-0.15, -0.1) is 0 Å². The average Bonchev–Trinajstić information content (AvgIpc) is 3.32. The van der Waals surface area contributed by atoms with Crippen molar-refractivity contribution in [2.75, 3.05) is 13.1 Å². The summed E-state index contributed by atoms with van der Waals surface area (Å²) in [5.74, 6) is 1.61. The lowest BCUT2D eigenvalue weighted by Gasteiger charge is -2.22. The minimum Gasteiger partial charge on any atom is -0.389 e. The number of carbonyl (C=O) groups is 1. The summed E-state index contributed by atoms with van der Waals surface area (Å²) < 4.78 is 0. The second-order valence-corrected chi connectivity index (χ2v) is 6.48. The number of hydrogen-bond acceptors (Lipinski definition) is 2. The molecule has 106 valence electrons. The summed E-state index contributed by atoms with van der Waals surface area (Å²) >= 11 is 4.94. The van der Waals surface area contributed by atoms with Crippen molar-refractivity contribution in [2.45, 2.75) is 25.7 Å². The molecule has 2 aliphatic rings. The maximum Gasteiger partial charge on any atom is 0.253 e. The Morgan fingerprint density at radius 3 is 1.90 bits per heavy atom. The van der Waals surface area contributed by atoms with Gasteiger partial charge < -0.3 is 10.6 Å². The van der Waals surface area contributed by atoms with Crippen LogP contribution in [0.1, 0.15) is 41.6 Å². The number of thiocarbonyl (C=S) groups is 1. The van der Waals surface area contributed by atoms with E-state index >= 15 is 0 Å². The van der Waals surface area contributed by atoms with Crippen molar-refractivity contribution < 1.29 is 4.79 Å². The first kappa shape index (κ1) is 13.6. The molecule has 0 spiro atoms. The molecule has 0 aromatic heterocycles. The molecule has 3 nitrogen and oxygen atoms in total. The Bertz CT molecular complexity index is 504. The van der Waals surface area contributed by atoms with E-state index in [2.05, 4.69) is 0 Å². The highest BCUT2D eigenvalue weighted by atomic mass is 32.1. The Hall–Kier alpha value is -1.42. The van der Waals surface area contributed by atoms with Gasteiger partial charge in [0, 0.05) is 24.2 Å². The Morgan fingerprint density at radius 2 is 1.50 bits per heavy atom. The summed E-state index contributed by atoms with van der Waals surface area (Å²) in [6.07, 6.45) is 5.09. The fourth-order valence-electron chi connectivity index (χ4n) is 2.42. The summed E-state index contributed by atoms with van der Waals surface area (Å²) in [6, 6.07) is 7.34. The van der Waals surface area contributed by atoms with Crippen LogP contribution in [0.3, 0.4) is 0 Å². The van der Waals surface area contributed by atoms with Gasteiger partial charge in [0.05, 0.1) is 0 Å². The van der Waals surface area contributed by atoms with E-state index in [9.17, 15) is 4.79 Å². The first-order chi connectivity index (χ1) is 9.63. The third-order valence-electron chi connectivity index (χ3n) is 4.05. The van der Waals surface area contributed by atoms with Gasteiger partial charge in [0.15, 0.2) is 0 Å². The highest BCUT2D eigenvalue weighted by Crippen LogP contribution is 2.34. The third-order valence-corrected chi connectivity index (χ3v) is 4.29. The Morgan fingerprint density at radius 1 is 1.05 bits per heavy atom. The predicted molar refractivity (Wildman–Crippen MR) is 83.7 cm³/mol. The van der Waals surface area contributed by atoms with Crippen LogP contribution in [0.15, 0.2) is 24.3 Å². The van der Waals surface area contributed by atoms with E-state index in [1.54, 1.807) is 0 Å². The van der Waals surface area contributed by atoms with E-state index in [-0.39, 0.29) is 5.91 Å². The van der Waals surface area contributed by atoms with Gasteiger partial charge in [-0.3, -0.25) is 4.79 Å². The molecule has 0 heterocycles. The molecule has 2 aliphatic carbocycles. The maximum atomic E-state index is 12.6. The number of nitrogens with zero attached hydrogens (tertiary/aromatic N) is 1. The fraction of sp³-hybridized carbons (Fsp3) is 0.500. The summed E-state index contributed by atoms with van der Waals surface area (Å²) in [4.78, 5) is 15.0. The van der Waals surface area contributed by atoms with Gasteiger partial charge in [0.1, 0.15) is 4.99 Å². The van der Waals surface area contributed by atoms with Gasteiger partial charge in [-0.2, -0.15) is 0 Å². The van der Waals surface area contributed by atoms with Gasteiger partial charge >= 0.3 is 0 Å². The summed E-state index contributed by atoms with van der Waals surface area (Å²) in [6.45, 7) is 1.85. The molecule has 2 N–H and O–H groups in total. The molecule has 0 radical (unpaired) electrons. The molecule has 0 bridgehead atoms. The molecule has 1 amide bonds. The topological polar surface area (TPSA) is 46.3 Å². The molecule has 20 heavy (non-hydrogen) atoms. The van der Waals surface area contributed by atoms with Crippen LogP contribution < -0.4 is 5.73 Å². The van der Waals surface area contributed by atoms with Crippen LogP contribution in [-0.2, 0) is 0 Å². The standard InChI is InChI=1S/C16H20N2OS/c17-15(20)13-5-7-14(8-6-13)16(19)18(9-11-1-2-11)10-12-3-4-12/h5-8,11-12H,1-4,9-10H2,(H2,17,20). The van der Waals surface area contributed by atoms with Crippen LogP contribution >= 0.6 is 12.2 Å². The van der Waals surface area contributed by atoms with Crippen molar-refractivity contribution >= 4 is 23.1 Å². The molecule has 0 unspecified atom stereocenters. The molecule has 4 heteroatoms. The Balaban J connectivity index is 1.71. The van der Waals surface area contributed by atoms with Crippen LogP contribution in [0, 0.1) is 11.8 Å². The lowest BCUT2D eigenvalue weighted by molar-refractivity contribution is 0.0739. The third kappa shape index (κ3) is 3.37. The van der Waals surface area contributed by atoms with E-state index in [4.69, 9.17) is 18.0 Å². The second-order valence-electron chi connectivity index (χ2n) is 6.04. The normalized spacial score (nSPS) is 17.8. The number of amides is 1. The number of hydrogen-bond donors (Lipinski definition) is 1. The van der Waals surface area contributed by atoms with Crippen molar-refractivity contribution in [1.29, 1.82) is 0 Å². The van der Waals surface area contributed by atoms with E-state index in [0.29, 0.717) is 4.99 Å². The van der Waals surface area contributed by atoms with Crippen molar-refractivity contribution in [1.82, 2.24) is 4.90 Å². The number of nitrogens with two attached hydrogens (primary N) is 1. The van der Waals surface area contributed by atoms with Gasteiger partial charge in [0.25, 0.3) is 5.91 Å². The average molecular weight is 288 g/mol. The molecule has 0 aliphatic heterocycles. The highest BCUT2D eigenvalue weighted by Gasteiger charge is 2.31. The van der Waals surface area contributed by atoms with Crippen LogP contribution in [0.5, 0.6) is 0 Å². The SMILES string of the molecule is NC(=S)c1ccc(C(=O)N(CC2CC2)CC2CC2)cc1. The lowest BCUT2D eigenvalue weighted by atomic mass is 10.1. The Labute approximate surface area is 125 Å². The smallest absolute Gasteiger partial charge is 0.253 e. The molecule has 0 saturated heterocycles. The molecule has 2 fully saturated rings. The van der Waals surface area contributed by atoms with Crippen molar-refractivity contribution in [3.8, 4) is 0 Å². The van der Waals surface area contributed by atoms with Gasteiger partial charge in [-0.1, -0.05) is 24.4 Å². The second kappa shape index (κ2) is 5.52. The maximum absolute atomic E-state index is 12.6. The molecule has 1 aromatic rings. The first-order valence-electron chi connectivity index (χ1n) is 7.32. The minimum atomic E-state index is 0.151. The highest BCUT2D eigenvalue weighted by molar-refractivity contribution is 7.80. The molecule has 2 saturated carbocycles. The van der Waals surface area contributed by atoms with Gasteiger partial charge in [-0.25, -0.2) is 0 Å².